The van der Waals surface area contributed by atoms with Gasteiger partial charge in [0.2, 0.25) is 0 Å². The van der Waals surface area contributed by atoms with Crippen molar-refractivity contribution in [1.82, 2.24) is 5.06 Å². The topological polar surface area (TPSA) is 63.7 Å². The summed E-state index contributed by atoms with van der Waals surface area (Å²) in [5.74, 6) is -1.56. The molecule has 1 saturated heterocycles. The van der Waals surface area contributed by atoms with Gasteiger partial charge < -0.3 is 4.84 Å². The lowest BCUT2D eigenvalue weighted by Gasteiger charge is -2.15. The Kier molecular flexibility index (Phi) is 2.11. The third-order valence-electron chi connectivity index (χ3n) is 3.91. The lowest BCUT2D eigenvalue weighted by molar-refractivity contribution is -0.199. The van der Waals surface area contributed by atoms with E-state index >= 15 is 0 Å². The Morgan fingerprint density at radius 2 is 1.82 bits per heavy atom. The second-order valence-corrected chi connectivity index (χ2v) is 4.79. The molecule has 5 nitrogen and oxygen atoms in total. The number of hydrogen-bond acceptors (Lipinski definition) is 4. The molecule has 2 fully saturated rings. The Balaban J connectivity index is 1.85. The molecule has 0 spiro atoms. The predicted molar refractivity (Wildman–Crippen MR) is 56.0 cm³/mol. The number of nitrogens with zero attached hydrogens (tertiary/aromatic N) is 1. The van der Waals surface area contributed by atoms with Gasteiger partial charge >= 0.3 is 5.97 Å². The predicted octanol–water partition coefficient (Wildman–Crippen LogP) is 0.662. The van der Waals surface area contributed by atoms with Gasteiger partial charge in [0, 0.05) is 6.42 Å². The van der Waals surface area contributed by atoms with Crippen molar-refractivity contribution in [3.63, 3.8) is 0 Å². The molecule has 1 aliphatic heterocycles. The highest BCUT2D eigenvalue weighted by Gasteiger charge is 2.60. The Morgan fingerprint density at radius 3 is 2.29 bits per heavy atom. The third-order valence-corrected chi connectivity index (χ3v) is 3.91. The zero-order valence-corrected chi connectivity index (χ0v) is 9.46. The van der Waals surface area contributed by atoms with Crippen LogP contribution in [-0.4, -0.2) is 22.8 Å². The van der Waals surface area contributed by atoms with E-state index in [9.17, 15) is 14.4 Å². The van der Waals surface area contributed by atoms with E-state index in [1.807, 2.05) is 12.2 Å². The second-order valence-electron chi connectivity index (χ2n) is 4.79. The Hall–Kier alpha value is -1.65. The number of amides is 2. The number of fused-ring (bicyclic) bond motifs is 5. The fourth-order valence-electron chi connectivity index (χ4n) is 3.13. The van der Waals surface area contributed by atoms with Crippen molar-refractivity contribution in [2.45, 2.75) is 19.8 Å². The molecule has 90 valence electrons. The molecule has 3 rings (SSSR count). The number of hydrogen-bond donors (Lipinski definition) is 0. The van der Waals surface area contributed by atoms with Crippen molar-refractivity contribution in [1.29, 1.82) is 0 Å². The molecular formula is C12H13NO4. The first kappa shape index (κ1) is 10.5. The van der Waals surface area contributed by atoms with Crippen LogP contribution < -0.4 is 0 Å². The summed E-state index contributed by atoms with van der Waals surface area (Å²) in [6, 6.07) is 0. The van der Waals surface area contributed by atoms with E-state index in [4.69, 9.17) is 4.84 Å². The summed E-state index contributed by atoms with van der Waals surface area (Å²) in [7, 11) is 0. The van der Waals surface area contributed by atoms with Crippen LogP contribution in [0.15, 0.2) is 12.2 Å². The molecule has 1 saturated carbocycles. The van der Waals surface area contributed by atoms with Crippen LogP contribution in [0.5, 0.6) is 0 Å². The fraction of sp³-hybridized carbons (Fsp3) is 0.583. The quantitative estimate of drug-likeness (QED) is 0.521. The Labute approximate surface area is 98.4 Å². The minimum Gasteiger partial charge on any atom is -0.330 e. The summed E-state index contributed by atoms with van der Waals surface area (Å²) in [6.45, 7) is 1.62. The lowest BCUT2D eigenvalue weighted by Crippen LogP contribution is -2.35. The molecule has 17 heavy (non-hydrogen) atoms. The zero-order valence-electron chi connectivity index (χ0n) is 9.46. The molecule has 4 unspecified atom stereocenters. The maximum Gasteiger partial charge on any atom is 0.332 e. The number of hydroxylamine groups is 2. The van der Waals surface area contributed by atoms with Gasteiger partial charge in [-0.25, -0.2) is 4.79 Å². The summed E-state index contributed by atoms with van der Waals surface area (Å²) in [4.78, 5) is 40.1. The highest BCUT2D eigenvalue weighted by molar-refractivity contribution is 6.06. The minimum absolute atomic E-state index is 0.145. The normalized spacial score (nSPS) is 37.8. The molecule has 2 amide bonds. The first-order chi connectivity index (χ1) is 8.13. The zero-order chi connectivity index (χ0) is 12.2. The molecule has 0 aromatic carbocycles. The first-order valence-corrected chi connectivity index (χ1v) is 5.90. The average Bonchev–Trinajstić information content (AvgIpc) is 2.98. The summed E-state index contributed by atoms with van der Waals surface area (Å²) in [5.41, 5.74) is 0. The van der Waals surface area contributed by atoms with Gasteiger partial charge in [-0.2, -0.15) is 0 Å². The number of carbonyl (C=O) groups excluding carboxylic acids is 3. The molecule has 0 N–H and O–H groups in total. The van der Waals surface area contributed by atoms with Gasteiger partial charge in [-0.05, 0) is 18.3 Å². The largest absolute Gasteiger partial charge is 0.332 e. The molecule has 0 radical (unpaired) electrons. The highest BCUT2D eigenvalue weighted by Crippen LogP contribution is 2.52. The number of carbonyl (C=O) groups is 3. The SMILES string of the molecule is CCC(=O)ON1C(=O)C2C3C=CC(C3)C2C1=O. The van der Waals surface area contributed by atoms with Gasteiger partial charge in [-0.3, -0.25) is 9.59 Å². The van der Waals surface area contributed by atoms with Gasteiger partial charge in [-0.15, -0.1) is 5.06 Å². The average molecular weight is 235 g/mol. The van der Waals surface area contributed by atoms with E-state index in [1.54, 1.807) is 6.92 Å². The summed E-state index contributed by atoms with van der Waals surface area (Å²) in [5, 5.41) is 0.688. The standard InChI is InChI=1S/C12H13NO4/c1-2-8(14)17-13-11(15)9-6-3-4-7(5-6)10(9)12(13)16/h3-4,6-7,9-10H,2,5H2,1H3. The fourth-order valence-corrected chi connectivity index (χ4v) is 3.13. The van der Waals surface area contributed by atoms with Gasteiger partial charge in [0.25, 0.3) is 11.8 Å². The summed E-state index contributed by atoms with van der Waals surface area (Å²) >= 11 is 0. The molecular weight excluding hydrogens is 222 g/mol. The molecule has 0 aromatic rings. The monoisotopic (exact) mass is 235 g/mol. The van der Waals surface area contributed by atoms with Crippen LogP contribution in [0.2, 0.25) is 0 Å². The summed E-state index contributed by atoms with van der Waals surface area (Å²) in [6.07, 6.45) is 5.03. The van der Waals surface area contributed by atoms with E-state index in [0.29, 0.717) is 5.06 Å². The van der Waals surface area contributed by atoms with Gasteiger partial charge in [-0.1, -0.05) is 19.1 Å². The summed E-state index contributed by atoms with van der Waals surface area (Å²) < 4.78 is 0. The van der Waals surface area contributed by atoms with E-state index in [0.717, 1.165) is 6.42 Å². The molecule has 0 aromatic heterocycles. The molecule has 1 heterocycles. The van der Waals surface area contributed by atoms with Crippen LogP contribution in [0, 0.1) is 23.7 Å². The van der Waals surface area contributed by atoms with Crippen molar-refractivity contribution in [2.75, 3.05) is 0 Å². The van der Waals surface area contributed by atoms with Crippen molar-refractivity contribution in [3.05, 3.63) is 12.2 Å². The van der Waals surface area contributed by atoms with Gasteiger partial charge in [0.15, 0.2) is 0 Å². The van der Waals surface area contributed by atoms with Crippen LogP contribution in [-0.2, 0) is 19.2 Å². The van der Waals surface area contributed by atoms with Gasteiger partial charge in [0.05, 0.1) is 11.8 Å². The van der Waals surface area contributed by atoms with Crippen LogP contribution in [0.3, 0.4) is 0 Å². The highest BCUT2D eigenvalue weighted by atomic mass is 16.7. The number of rotatable bonds is 2. The molecule has 5 heteroatoms. The van der Waals surface area contributed by atoms with Gasteiger partial charge in [0.1, 0.15) is 0 Å². The van der Waals surface area contributed by atoms with Crippen molar-refractivity contribution >= 4 is 17.8 Å². The second kappa shape index (κ2) is 3.42. The van der Waals surface area contributed by atoms with Crippen molar-refractivity contribution < 1.29 is 19.2 Å². The van der Waals surface area contributed by atoms with Crippen LogP contribution in [0.4, 0.5) is 0 Å². The van der Waals surface area contributed by atoms with E-state index in [-0.39, 0.29) is 41.9 Å². The Bertz CT molecular complexity index is 412. The number of allylic oxidation sites excluding steroid dienone is 2. The van der Waals surface area contributed by atoms with Crippen LogP contribution in [0.1, 0.15) is 19.8 Å². The number of imide groups is 1. The van der Waals surface area contributed by atoms with Crippen LogP contribution in [0.25, 0.3) is 0 Å². The van der Waals surface area contributed by atoms with E-state index in [1.165, 1.54) is 0 Å². The molecule has 2 bridgehead atoms. The third kappa shape index (κ3) is 1.28. The minimum atomic E-state index is -0.549. The maximum absolute atomic E-state index is 12.0. The molecule has 4 atom stereocenters. The molecule has 3 aliphatic rings. The lowest BCUT2D eigenvalue weighted by atomic mass is 9.85. The first-order valence-electron chi connectivity index (χ1n) is 5.90. The van der Waals surface area contributed by atoms with Crippen LogP contribution >= 0.6 is 0 Å². The van der Waals surface area contributed by atoms with E-state index in [2.05, 4.69) is 0 Å². The van der Waals surface area contributed by atoms with E-state index < -0.39 is 5.97 Å². The maximum atomic E-state index is 12.0. The molecule has 2 aliphatic carbocycles. The smallest absolute Gasteiger partial charge is 0.330 e. The Morgan fingerprint density at radius 1 is 1.29 bits per heavy atom. The van der Waals surface area contributed by atoms with Crippen molar-refractivity contribution in [2.24, 2.45) is 23.7 Å². The van der Waals surface area contributed by atoms with Crippen molar-refractivity contribution in [3.8, 4) is 0 Å².